The Labute approximate surface area is 80.9 Å². The maximum absolute atomic E-state index is 5.78. The number of ether oxygens (including phenoxy) is 1. The number of nitrogens with zero attached hydrogens (tertiary/aromatic N) is 2. The topological polar surface area (TPSA) is 61.0 Å². The molecule has 5 heteroatoms. The van der Waals surface area contributed by atoms with E-state index in [1.807, 2.05) is 11.8 Å². The Morgan fingerprint density at radius 1 is 1.46 bits per heavy atom. The fourth-order valence-corrected chi connectivity index (χ4v) is 2.38. The van der Waals surface area contributed by atoms with Gasteiger partial charge in [0.2, 0.25) is 0 Å². The number of hydrogen-bond acceptors (Lipinski definition) is 5. The largest absolute Gasteiger partial charge is 0.383 e. The number of methoxy groups -OCH3 is 1. The molecule has 13 heavy (non-hydrogen) atoms. The average Bonchev–Trinajstić information content (AvgIpc) is 2.53. The van der Waals surface area contributed by atoms with Gasteiger partial charge in [-0.25, -0.2) is 9.97 Å². The summed E-state index contributed by atoms with van der Waals surface area (Å²) in [5.41, 5.74) is 7.96. The summed E-state index contributed by atoms with van der Waals surface area (Å²) in [4.78, 5) is 8.53. The van der Waals surface area contributed by atoms with Crippen LogP contribution < -0.4 is 5.73 Å². The highest BCUT2D eigenvalue weighted by Crippen LogP contribution is 2.31. The van der Waals surface area contributed by atoms with Crippen LogP contribution in [0.15, 0.2) is 0 Å². The Hall–Kier alpha value is -0.810. The van der Waals surface area contributed by atoms with Crippen LogP contribution in [0.4, 0.5) is 5.82 Å². The van der Waals surface area contributed by atoms with E-state index in [0.29, 0.717) is 18.2 Å². The minimum atomic E-state index is 0.433. The number of nitrogen functional groups attached to an aromatic ring is 1. The molecule has 0 fully saturated rings. The van der Waals surface area contributed by atoms with Crippen molar-refractivity contribution in [1.82, 2.24) is 9.97 Å². The third kappa shape index (κ3) is 1.62. The van der Waals surface area contributed by atoms with Crippen molar-refractivity contribution in [1.29, 1.82) is 0 Å². The molecule has 2 N–H and O–H groups in total. The van der Waals surface area contributed by atoms with E-state index < -0.39 is 0 Å². The van der Waals surface area contributed by atoms with Crippen LogP contribution in [-0.4, -0.2) is 17.1 Å². The second-order valence-electron chi connectivity index (χ2n) is 2.88. The number of rotatable bonds is 2. The zero-order chi connectivity index (χ0) is 9.26. The highest BCUT2D eigenvalue weighted by Gasteiger charge is 2.17. The molecule has 0 bridgehead atoms. The minimum absolute atomic E-state index is 0.433. The van der Waals surface area contributed by atoms with E-state index in [9.17, 15) is 0 Å². The predicted molar refractivity (Wildman–Crippen MR) is 52.2 cm³/mol. The normalized spacial score (nSPS) is 14.5. The van der Waals surface area contributed by atoms with Crippen molar-refractivity contribution in [2.75, 3.05) is 12.8 Å². The van der Waals surface area contributed by atoms with Gasteiger partial charge in [0, 0.05) is 24.2 Å². The second-order valence-corrected chi connectivity index (χ2v) is 3.86. The van der Waals surface area contributed by atoms with Crippen LogP contribution in [0.1, 0.15) is 17.1 Å². The van der Waals surface area contributed by atoms with Crippen molar-refractivity contribution in [3.05, 3.63) is 17.1 Å². The first-order valence-corrected chi connectivity index (χ1v) is 5.17. The number of aromatic nitrogens is 2. The van der Waals surface area contributed by atoms with Gasteiger partial charge < -0.3 is 10.5 Å². The maximum atomic E-state index is 5.78. The van der Waals surface area contributed by atoms with Gasteiger partial charge in [0.1, 0.15) is 12.4 Å². The highest BCUT2D eigenvalue weighted by molar-refractivity contribution is 7.98. The summed E-state index contributed by atoms with van der Waals surface area (Å²) in [6.07, 6.45) is 0. The van der Waals surface area contributed by atoms with Crippen LogP contribution in [0.25, 0.3) is 0 Å². The van der Waals surface area contributed by atoms with Gasteiger partial charge in [-0.15, -0.1) is 0 Å². The van der Waals surface area contributed by atoms with Crippen LogP contribution in [0.3, 0.4) is 0 Å². The van der Waals surface area contributed by atoms with Crippen LogP contribution in [0.5, 0.6) is 0 Å². The van der Waals surface area contributed by atoms with Crippen LogP contribution in [0, 0.1) is 0 Å². The average molecular weight is 197 g/mol. The lowest BCUT2D eigenvalue weighted by molar-refractivity contribution is 0.177. The molecule has 0 spiro atoms. The molecule has 0 unspecified atom stereocenters. The van der Waals surface area contributed by atoms with E-state index in [1.165, 1.54) is 0 Å². The summed E-state index contributed by atoms with van der Waals surface area (Å²) >= 11 is 1.82. The van der Waals surface area contributed by atoms with Crippen molar-refractivity contribution in [3.63, 3.8) is 0 Å². The van der Waals surface area contributed by atoms with Crippen LogP contribution in [-0.2, 0) is 22.8 Å². The summed E-state index contributed by atoms with van der Waals surface area (Å²) in [6.45, 7) is 0.433. The molecule has 2 rings (SSSR count). The molecule has 4 nitrogen and oxygen atoms in total. The Balaban J connectivity index is 2.37. The smallest absolute Gasteiger partial charge is 0.156 e. The Kier molecular flexibility index (Phi) is 2.37. The molecule has 0 saturated heterocycles. The van der Waals surface area contributed by atoms with Gasteiger partial charge in [-0.1, -0.05) is 0 Å². The first kappa shape index (κ1) is 8.77. The van der Waals surface area contributed by atoms with E-state index in [2.05, 4.69) is 9.97 Å². The van der Waals surface area contributed by atoms with Crippen molar-refractivity contribution < 1.29 is 4.74 Å². The van der Waals surface area contributed by atoms with Gasteiger partial charge in [0.15, 0.2) is 5.82 Å². The summed E-state index contributed by atoms with van der Waals surface area (Å²) in [6, 6.07) is 0. The Morgan fingerprint density at radius 2 is 2.31 bits per heavy atom. The zero-order valence-corrected chi connectivity index (χ0v) is 8.23. The highest BCUT2D eigenvalue weighted by atomic mass is 32.2. The van der Waals surface area contributed by atoms with Crippen molar-refractivity contribution >= 4 is 17.6 Å². The minimum Gasteiger partial charge on any atom is -0.383 e. The van der Waals surface area contributed by atoms with Crippen molar-refractivity contribution in [2.24, 2.45) is 0 Å². The van der Waals surface area contributed by atoms with Gasteiger partial charge in [-0.3, -0.25) is 0 Å². The lowest BCUT2D eigenvalue weighted by Crippen LogP contribution is -2.06. The maximum Gasteiger partial charge on any atom is 0.156 e. The molecular formula is C8H11N3OS. The van der Waals surface area contributed by atoms with E-state index in [-0.39, 0.29) is 0 Å². The fourth-order valence-electron chi connectivity index (χ4n) is 1.32. The van der Waals surface area contributed by atoms with Crippen LogP contribution >= 0.6 is 11.8 Å². The molecule has 0 aromatic carbocycles. The van der Waals surface area contributed by atoms with E-state index in [0.717, 1.165) is 22.8 Å². The second kappa shape index (κ2) is 3.51. The zero-order valence-electron chi connectivity index (χ0n) is 7.41. The predicted octanol–water partition coefficient (Wildman–Crippen LogP) is 0.952. The molecular weight excluding hydrogens is 186 g/mol. The Morgan fingerprint density at radius 3 is 3.08 bits per heavy atom. The summed E-state index contributed by atoms with van der Waals surface area (Å²) in [5, 5.41) is 0. The van der Waals surface area contributed by atoms with Gasteiger partial charge in [0.25, 0.3) is 0 Å². The Bertz CT molecular complexity index is 329. The molecule has 0 atom stereocenters. The lowest BCUT2D eigenvalue weighted by atomic mass is 10.2. The standard InChI is InChI=1S/C8H11N3OS/c1-12-2-7-10-6-4-13-3-5(6)8(9)11-7/h2-4H2,1H3,(H2,9,10,11). The van der Waals surface area contributed by atoms with E-state index in [1.54, 1.807) is 7.11 Å². The molecule has 0 radical (unpaired) electrons. The molecule has 1 aromatic heterocycles. The summed E-state index contributed by atoms with van der Waals surface area (Å²) in [7, 11) is 1.63. The van der Waals surface area contributed by atoms with Gasteiger partial charge >= 0.3 is 0 Å². The molecule has 70 valence electrons. The van der Waals surface area contributed by atoms with Crippen molar-refractivity contribution in [3.8, 4) is 0 Å². The number of hydrogen-bond donors (Lipinski definition) is 1. The van der Waals surface area contributed by atoms with E-state index in [4.69, 9.17) is 10.5 Å². The SMILES string of the molecule is COCc1nc(N)c2c(n1)CSC2. The third-order valence-corrected chi connectivity index (χ3v) is 2.90. The first-order chi connectivity index (χ1) is 6.31. The van der Waals surface area contributed by atoms with E-state index >= 15 is 0 Å². The molecule has 0 saturated carbocycles. The number of anilines is 1. The molecule has 1 aromatic rings. The fraction of sp³-hybridized carbons (Fsp3) is 0.500. The quantitative estimate of drug-likeness (QED) is 0.765. The number of nitrogens with two attached hydrogens (primary N) is 1. The molecule has 0 aliphatic carbocycles. The van der Waals surface area contributed by atoms with Gasteiger partial charge in [-0.2, -0.15) is 11.8 Å². The molecule has 2 heterocycles. The van der Waals surface area contributed by atoms with Crippen molar-refractivity contribution in [2.45, 2.75) is 18.1 Å². The third-order valence-electron chi connectivity index (χ3n) is 1.93. The van der Waals surface area contributed by atoms with Gasteiger partial charge in [0.05, 0.1) is 5.69 Å². The monoisotopic (exact) mass is 197 g/mol. The van der Waals surface area contributed by atoms with Crippen LogP contribution in [0.2, 0.25) is 0 Å². The summed E-state index contributed by atoms with van der Waals surface area (Å²) < 4.78 is 4.96. The molecule has 1 aliphatic rings. The molecule has 1 aliphatic heterocycles. The number of fused-ring (bicyclic) bond motifs is 1. The van der Waals surface area contributed by atoms with Gasteiger partial charge in [-0.05, 0) is 0 Å². The first-order valence-electron chi connectivity index (χ1n) is 4.02. The molecule has 0 amide bonds. The lowest BCUT2D eigenvalue weighted by Gasteiger charge is -2.04. The summed E-state index contributed by atoms with van der Waals surface area (Å²) in [5.74, 6) is 3.18. The number of thioether (sulfide) groups is 1.